The van der Waals surface area contributed by atoms with E-state index in [1.54, 1.807) is 18.2 Å². The van der Waals surface area contributed by atoms with Gasteiger partial charge in [-0.3, -0.25) is 4.79 Å². The third-order valence-electron chi connectivity index (χ3n) is 4.60. The summed E-state index contributed by atoms with van der Waals surface area (Å²) < 4.78 is 13.0. The van der Waals surface area contributed by atoms with Gasteiger partial charge in [0.05, 0.1) is 0 Å². The molecule has 27 heavy (non-hydrogen) atoms. The standard InChI is InChI=1S/C14H16FNO.C9H17N/c1-4-14(16-11(3)17)8-10(2)12-6-5-7-13(15)9-12;1-4-9-6-5-7-10(9)8(2)3/h5-9H,2,4H2,1,3H3,(H,16,17);9H,2,4-7H2,1,3H3/b14-8+;/t;9-/m.1/s1. The van der Waals surface area contributed by atoms with Gasteiger partial charge in [0.2, 0.25) is 5.91 Å². The van der Waals surface area contributed by atoms with E-state index in [1.165, 1.54) is 50.6 Å². The number of allylic oxidation sites excluding steroid dienone is 4. The van der Waals surface area contributed by atoms with Crippen molar-refractivity contribution in [2.45, 2.75) is 59.4 Å². The Morgan fingerprint density at radius 2 is 2.04 bits per heavy atom. The molecule has 0 spiro atoms. The number of hydrogen-bond donors (Lipinski definition) is 1. The van der Waals surface area contributed by atoms with E-state index >= 15 is 0 Å². The molecule has 1 aromatic carbocycles. The first-order valence-corrected chi connectivity index (χ1v) is 9.63. The summed E-state index contributed by atoms with van der Waals surface area (Å²) in [5.74, 6) is -0.417. The largest absolute Gasteiger partial charge is 0.373 e. The number of hydrogen-bond acceptors (Lipinski definition) is 2. The number of likely N-dealkylation sites (tertiary alicyclic amines) is 1. The summed E-state index contributed by atoms with van der Waals surface area (Å²) in [6.45, 7) is 16.8. The summed E-state index contributed by atoms with van der Waals surface area (Å²) in [7, 11) is 0. The first kappa shape index (κ1) is 22.7. The van der Waals surface area contributed by atoms with Crippen molar-refractivity contribution in [3.05, 3.63) is 66.3 Å². The number of amides is 1. The van der Waals surface area contributed by atoms with Crippen LogP contribution in [0.1, 0.15) is 58.9 Å². The van der Waals surface area contributed by atoms with Crippen LogP contribution in [0.15, 0.2) is 54.9 Å². The van der Waals surface area contributed by atoms with Crippen molar-refractivity contribution in [3.8, 4) is 0 Å². The van der Waals surface area contributed by atoms with Crippen molar-refractivity contribution in [2.24, 2.45) is 0 Å². The molecule has 4 heteroatoms. The fourth-order valence-electron chi connectivity index (χ4n) is 3.20. The average Bonchev–Trinajstić information content (AvgIpc) is 3.10. The minimum Gasteiger partial charge on any atom is -0.373 e. The fourth-order valence-corrected chi connectivity index (χ4v) is 3.20. The van der Waals surface area contributed by atoms with Gasteiger partial charge in [0, 0.05) is 30.9 Å². The zero-order valence-electron chi connectivity index (χ0n) is 17.1. The highest BCUT2D eigenvalue weighted by atomic mass is 19.1. The van der Waals surface area contributed by atoms with Gasteiger partial charge >= 0.3 is 0 Å². The zero-order chi connectivity index (χ0) is 20.4. The van der Waals surface area contributed by atoms with Crippen molar-refractivity contribution in [3.63, 3.8) is 0 Å². The van der Waals surface area contributed by atoms with E-state index in [2.05, 4.69) is 37.2 Å². The van der Waals surface area contributed by atoms with E-state index < -0.39 is 0 Å². The van der Waals surface area contributed by atoms with Gasteiger partial charge in [-0.2, -0.15) is 0 Å². The first-order valence-electron chi connectivity index (χ1n) is 9.63. The van der Waals surface area contributed by atoms with Gasteiger partial charge in [-0.15, -0.1) is 0 Å². The lowest BCUT2D eigenvalue weighted by atomic mass is 10.1. The third kappa shape index (κ3) is 7.81. The van der Waals surface area contributed by atoms with E-state index in [9.17, 15) is 9.18 Å². The van der Waals surface area contributed by atoms with E-state index in [1.807, 2.05) is 6.92 Å². The van der Waals surface area contributed by atoms with Crippen molar-refractivity contribution >= 4 is 11.5 Å². The monoisotopic (exact) mass is 372 g/mol. The summed E-state index contributed by atoms with van der Waals surface area (Å²) in [5.41, 5.74) is 3.40. The maximum absolute atomic E-state index is 13.0. The number of nitrogens with one attached hydrogen (secondary N) is 1. The molecule has 0 unspecified atom stereocenters. The van der Waals surface area contributed by atoms with Crippen LogP contribution in [0.2, 0.25) is 0 Å². The average molecular weight is 373 g/mol. The van der Waals surface area contributed by atoms with Gasteiger partial charge in [0.1, 0.15) is 5.82 Å². The second kappa shape index (κ2) is 11.4. The molecule has 1 aromatic rings. The van der Waals surface area contributed by atoms with Crippen LogP contribution >= 0.6 is 0 Å². The number of halogens is 1. The molecule has 148 valence electrons. The molecule has 3 nitrogen and oxygen atoms in total. The second-order valence-electron chi connectivity index (χ2n) is 6.87. The minimum absolute atomic E-state index is 0.120. The Morgan fingerprint density at radius 1 is 1.33 bits per heavy atom. The number of nitrogens with zero attached hydrogens (tertiary/aromatic N) is 1. The van der Waals surface area contributed by atoms with Crippen molar-refractivity contribution < 1.29 is 9.18 Å². The molecule has 0 bridgehead atoms. The predicted molar refractivity (Wildman–Crippen MR) is 112 cm³/mol. The summed E-state index contributed by atoms with van der Waals surface area (Å²) in [4.78, 5) is 13.4. The smallest absolute Gasteiger partial charge is 0.220 e. The highest BCUT2D eigenvalue weighted by Crippen LogP contribution is 2.22. The molecular weight excluding hydrogens is 339 g/mol. The predicted octanol–water partition coefficient (Wildman–Crippen LogP) is 5.66. The molecular formula is C23H33FN2O. The van der Waals surface area contributed by atoms with E-state index in [0.29, 0.717) is 17.6 Å². The lowest BCUT2D eigenvalue weighted by Crippen LogP contribution is -2.26. The molecule has 0 radical (unpaired) electrons. The molecule has 1 heterocycles. The number of rotatable bonds is 6. The van der Waals surface area contributed by atoms with Crippen molar-refractivity contribution in [2.75, 3.05) is 6.54 Å². The summed E-state index contributed by atoms with van der Waals surface area (Å²) in [5, 5.41) is 2.71. The maximum Gasteiger partial charge on any atom is 0.220 e. The van der Waals surface area contributed by atoms with Crippen LogP contribution in [0.25, 0.3) is 5.57 Å². The van der Waals surface area contributed by atoms with Crippen molar-refractivity contribution in [1.82, 2.24) is 10.2 Å². The van der Waals surface area contributed by atoms with Crippen molar-refractivity contribution in [1.29, 1.82) is 0 Å². The van der Waals surface area contributed by atoms with Crippen LogP contribution in [0.3, 0.4) is 0 Å². The molecule has 1 amide bonds. The van der Waals surface area contributed by atoms with Gasteiger partial charge < -0.3 is 10.2 Å². The molecule has 0 aromatic heterocycles. The Morgan fingerprint density at radius 3 is 2.52 bits per heavy atom. The Labute approximate surface area is 163 Å². The highest BCUT2D eigenvalue weighted by molar-refractivity contribution is 5.77. The fraction of sp³-hybridized carbons (Fsp3) is 0.435. The van der Waals surface area contributed by atoms with E-state index in [-0.39, 0.29) is 11.7 Å². The molecule has 2 rings (SSSR count). The number of carbonyl (C=O) groups is 1. The summed E-state index contributed by atoms with van der Waals surface area (Å²) >= 11 is 0. The van der Waals surface area contributed by atoms with Crippen LogP contribution in [0.5, 0.6) is 0 Å². The lowest BCUT2D eigenvalue weighted by molar-refractivity contribution is -0.118. The van der Waals surface area contributed by atoms with Crippen LogP contribution in [0.4, 0.5) is 4.39 Å². The second-order valence-corrected chi connectivity index (χ2v) is 6.87. The third-order valence-corrected chi connectivity index (χ3v) is 4.60. The number of benzene rings is 1. The molecule has 1 fully saturated rings. The van der Waals surface area contributed by atoms with Gasteiger partial charge in [0.25, 0.3) is 0 Å². The molecule has 1 aliphatic rings. The van der Waals surface area contributed by atoms with Gasteiger partial charge in [-0.1, -0.05) is 39.1 Å². The van der Waals surface area contributed by atoms with Crippen LogP contribution in [-0.2, 0) is 4.79 Å². The van der Waals surface area contributed by atoms with Gasteiger partial charge in [-0.25, -0.2) is 4.39 Å². The molecule has 0 saturated carbocycles. The quantitative estimate of drug-likeness (QED) is 0.653. The summed E-state index contributed by atoms with van der Waals surface area (Å²) in [6.07, 6.45) is 6.44. The Hall–Kier alpha value is -2.36. The topological polar surface area (TPSA) is 32.3 Å². The zero-order valence-corrected chi connectivity index (χ0v) is 17.1. The SMILES string of the molecule is C=C(/C=C(\CC)NC(C)=O)c1cccc(F)c1.C=C(C)N1CCC[C@H]1CC. The molecule has 1 atom stereocenters. The lowest BCUT2D eigenvalue weighted by Gasteiger charge is -2.25. The van der Waals surface area contributed by atoms with E-state index in [4.69, 9.17) is 0 Å². The normalized spacial score (nSPS) is 16.4. The minimum atomic E-state index is -0.297. The van der Waals surface area contributed by atoms with Crippen LogP contribution < -0.4 is 5.32 Å². The highest BCUT2D eigenvalue weighted by Gasteiger charge is 2.21. The maximum atomic E-state index is 13.0. The Kier molecular flexibility index (Phi) is 9.55. The van der Waals surface area contributed by atoms with Gasteiger partial charge in [-0.05, 0) is 62.0 Å². The van der Waals surface area contributed by atoms with Crippen LogP contribution in [0, 0.1) is 5.82 Å². The van der Waals surface area contributed by atoms with E-state index in [0.717, 1.165) is 11.7 Å². The summed E-state index contributed by atoms with van der Waals surface area (Å²) in [6, 6.07) is 7.00. The molecule has 0 aliphatic carbocycles. The molecule has 1 N–H and O–H groups in total. The first-order chi connectivity index (χ1) is 12.8. The molecule has 1 saturated heterocycles. The Bertz CT molecular complexity index is 693. The van der Waals surface area contributed by atoms with Gasteiger partial charge in [0.15, 0.2) is 0 Å². The van der Waals surface area contributed by atoms with Crippen LogP contribution in [-0.4, -0.2) is 23.4 Å². The molecule has 1 aliphatic heterocycles. The number of carbonyl (C=O) groups excluding carboxylic acids is 1. The Balaban J connectivity index is 0.000000309.